The van der Waals surface area contributed by atoms with Crippen molar-refractivity contribution in [3.63, 3.8) is 0 Å². The fourth-order valence-corrected chi connectivity index (χ4v) is 13.5. The van der Waals surface area contributed by atoms with Crippen molar-refractivity contribution < 1.29 is 4.42 Å². The molecule has 66 heavy (non-hydrogen) atoms. The van der Waals surface area contributed by atoms with Gasteiger partial charge in [0.05, 0.1) is 0 Å². The first-order chi connectivity index (χ1) is 32.7. The first-order valence-corrected chi connectivity index (χ1v) is 24.4. The van der Waals surface area contributed by atoms with Gasteiger partial charge in [0.1, 0.15) is 0 Å². The van der Waals surface area contributed by atoms with Crippen molar-refractivity contribution in [2.75, 3.05) is 0 Å². The third-order valence-electron chi connectivity index (χ3n) is 13.8. The third-order valence-corrected chi connectivity index (χ3v) is 16.2. The van der Waals surface area contributed by atoms with E-state index in [1.807, 2.05) is 0 Å². The summed E-state index contributed by atoms with van der Waals surface area (Å²) in [4.78, 5) is 0. The summed E-state index contributed by atoms with van der Waals surface area (Å²) < 4.78 is 9.31. The molecular formula is C64H38OSe. The molecule has 2 heterocycles. The van der Waals surface area contributed by atoms with Crippen molar-refractivity contribution in [3.8, 4) is 55.6 Å². The van der Waals surface area contributed by atoms with Crippen LogP contribution in [0.1, 0.15) is 0 Å². The molecule has 0 aliphatic heterocycles. The van der Waals surface area contributed by atoms with Gasteiger partial charge in [-0.1, -0.05) is 36.4 Å². The van der Waals surface area contributed by atoms with Crippen LogP contribution in [0.4, 0.5) is 0 Å². The van der Waals surface area contributed by atoms with Gasteiger partial charge in [-0.2, -0.15) is 0 Å². The SMILES string of the molecule is c1ccc(-c2ccc3oc4ccc(-c5c6ccccc6c(-c6ccc7c(c6)[se]c6cccc(-c8c9ccccc9c(-c9ccccc9)c9ccccc89)c67)c6ccccc56)cc4c3c2)cc1. The molecular weight excluding hydrogens is 864 g/mol. The van der Waals surface area contributed by atoms with E-state index < -0.39 is 0 Å². The minimum atomic E-state index is 0.140. The summed E-state index contributed by atoms with van der Waals surface area (Å²) in [5, 5.41) is 15.2. The van der Waals surface area contributed by atoms with Crippen molar-refractivity contribution in [1.82, 2.24) is 0 Å². The van der Waals surface area contributed by atoms with E-state index in [0.29, 0.717) is 0 Å². The molecule has 0 saturated carbocycles. The molecule has 2 aromatic heterocycles. The Kier molecular flexibility index (Phi) is 8.37. The summed E-state index contributed by atoms with van der Waals surface area (Å²) in [6, 6.07) is 85.1. The summed E-state index contributed by atoms with van der Waals surface area (Å²) in [6.45, 7) is 0. The summed E-state index contributed by atoms with van der Waals surface area (Å²) in [6.07, 6.45) is 0. The van der Waals surface area contributed by atoms with Gasteiger partial charge in [-0.3, -0.25) is 0 Å². The van der Waals surface area contributed by atoms with Crippen LogP contribution >= 0.6 is 0 Å². The monoisotopic (exact) mass is 902 g/mol. The molecule has 2 heteroatoms. The first kappa shape index (κ1) is 37.4. The Morgan fingerprint density at radius 3 is 1.21 bits per heavy atom. The van der Waals surface area contributed by atoms with Crippen LogP contribution in [-0.2, 0) is 0 Å². The van der Waals surface area contributed by atoms with Crippen LogP contribution < -0.4 is 0 Å². The Bertz CT molecular complexity index is 4160. The van der Waals surface area contributed by atoms with Crippen LogP contribution in [0.25, 0.3) is 140 Å². The Morgan fingerprint density at radius 1 is 0.242 bits per heavy atom. The average Bonchev–Trinajstić information content (AvgIpc) is 3.95. The van der Waals surface area contributed by atoms with Gasteiger partial charge in [-0.15, -0.1) is 0 Å². The van der Waals surface area contributed by atoms with Crippen LogP contribution in [0.2, 0.25) is 0 Å². The number of benzene rings is 12. The molecule has 0 atom stereocenters. The van der Waals surface area contributed by atoms with Gasteiger partial charge in [0.2, 0.25) is 0 Å². The van der Waals surface area contributed by atoms with E-state index in [0.717, 1.165) is 21.9 Å². The fraction of sp³-hybridized carbons (Fsp3) is 0. The third kappa shape index (κ3) is 5.66. The molecule has 0 aliphatic carbocycles. The average molecular weight is 902 g/mol. The summed E-state index contributed by atoms with van der Waals surface area (Å²) in [5.41, 5.74) is 14.3. The maximum atomic E-state index is 6.44. The van der Waals surface area contributed by atoms with Crippen molar-refractivity contribution >= 4 is 98.8 Å². The fourth-order valence-electron chi connectivity index (χ4n) is 11.0. The maximum absolute atomic E-state index is 6.44. The molecule has 12 aromatic carbocycles. The summed E-state index contributed by atoms with van der Waals surface area (Å²) in [7, 11) is 0. The molecule has 0 spiro atoms. The van der Waals surface area contributed by atoms with Gasteiger partial charge in [0.25, 0.3) is 0 Å². The van der Waals surface area contributed by atoms with Crippen molar-refractivity contribution in [3.05, 3.63) is 231 Å². The number of rotatable bonds is 5. The molecule has 0 radical (unpaired) electrons. The van der Waals surface area contributed by atoms with Crippen LogP contribution in [0.15, 0.2) is 235 Å². The van der Waals surface area contributed by atoms with Crippen LogP contribution in [0.3, 0.4) is 0 Å². The molecule has 0 N–H and O–H groups in total. The summed E-state index contributed by atoms with van der Waals surface area (Å²) >= 11 is 0.140. The minimum Gasteiger partial charge on any atom is -0.0617 e. The Balaban J connectivity index is 0.965. The number of fused-ring (bicyclic) bond motifs is 10. The number of hydrogen-bond donors (Lipinski definition) is 0. The molecule has 0 amide bonds. The second-order valence-electron chi connectivity index (χ2n) is 17.4. The predicted octanol–water partition coefficient (Wildman–Crippen LogP) is 17.9. The van der Waals surface area contributed by atoms with E-state index in [1.165, 1.54) is 118 Å². The second-order valence-corrected chi connectivity index (χ2v) is 19.7. The zero-order valence-corrected chi connectivity index (χ0v) is 37.5. The van der Waals surface area contributed by atoms with Crippen molar-refractivity contribution in [2.24, 2.45) is 0 Å². The topological polar surface area (TPSA) is 13.1 Å². The standard InChI is InChI=1S/C64H38OSe/c1-3-16-39(17-4-1)41-31-34-56-54(36-41)55-37-42(32-35-57(55)65-56)61-44-20-7-9-22-46(44)62(47-23-10-8-21-45(47)61)43-30-33-52-59(38-43)66-58-29-15-28-53(64(52)58)63-50-26-13-11-24-48(50)60(40-18-5-2-6-19-40)49-25-12-14-27-51(49)63/h1-38H. The molecule has 0 unspecified atom stereocenters. The molecule has 0 bridgehead atoms. The zero-order valence-electron chi connectivity index (χ0n) is 35.8. The van der Waals surface area contributed by atoms with Crippen LogP contribution in [-0.4, -0.2) is 14.5 Å². The number of furan rings is 1. The smallest absolute Gasteiger partial charge is 0.0617 e. The minimum absolute atomic E-state index is 0.140. The van der Waals surface area contributed by atoms with Gasteiger partial charge in [0, 0.05) is 0 Å². The van der Waals surface area contributed by atoms with Gasteiger partial charge in [-0.25, -0.2) is 0 Å². The molecule has 14 aromatic rings. The van der Waals surface area contributed by atoms with Gasteiger partial charge in [-0.05, 0) is 17.2 Å². The van der Waals surface area contributed by atoms with Crippen LogP contribution in [0.5, 0.6) is 0 Å². The van der Waals surface area contributed by atoms with E-state index >= 15 is 0 Å². The normalized spacial score (nSPS) is 11.9. The Hall–Kier alpha value is -8.00. The van der Waals surface area contributed by atoms with E-state index in [1.54, 1.807) is 0 Å². The predicted molar refractivity (Wildman–Crippen MR) is 283 cm³/mol. The van der Waals surface area contributed by atoms with Gasteiger partial charge >= 0.3 is 336 Å². The molecule has 14 rings (SSSR count). The number of hydrogen-bond acceptors (Lipinski definition) is 1. The van der Waals surface area contributed by atoms with E-state index in [-0.39, 0.29) is 14.5 Å². The van der Waals surface area contributed by atoms with Crippen molar-refractivity contribution in [1.29, 1.82) is 0 Å². The van der Waals surface area contributed by atoms with E-state index in [4.69, 9.17) is 4.42 Å². The Labute approximate surface area is 387 Å². The van der Waals surface area contributed by atoms with Gasteiger partial charge < -0.3 is 0 Å². The van der Waals surface area contributed by atoms with Gasteiger partial charge in [0.15, 0.2) is 0 Å². The second kappa shape index (κ2) is 14.8. The first-order valence-electron chi connectivity index (χ1n) is 22.7. The zero-order chi connectivity index (χ0) is 43.3. The quantitative estimate of drug-likeness (QED) is 0.124. The summed E-state index contributed by atoms with van der Waals surface area (Å²) in [5.74, 6) is 0. The molecule has 1 nitrogen and oxygen atoms in total. The molecule has 0 aliphatic rings. The molecule has 0 fully saturated rings. The van der Waals surface area contributed by atoms with Crippen LogP contribution in [0, 0.1) is 0 Å². The van der Waals surface area contributed by atoms with Crippen molar-refractivity contribution in [2.45, 2.75) is 0 Å². The molecule has 306 valence electrons. The molecule has 0 saturated heterocycles. The Morgan fingerprint density at radius 2 is 0.667 bits per heavy atom. The van der Waals surface area contributed by atoms with E-state index in [2.05, 4.69) is 231 Å². The van der Waals surface area contributed by atoms with E-state index in [9.17, 15) is 0 Å².